The molecule has 10 aromatic carbocycles. The maximum absolute atomic E-state index is 5.43. The number of benzene rings is 10. The van der Waals surface area contributed by atoms with Crippen LogP contribution in [0, 0.1) is 0 Å². The van der Waals surface area contributed by atoms with Gasteiger partial charge in [-0.25, -0.2) is 19.9 Å². The molecule has 0 saturated carbocycles. The molecule has 0 unspecified atom stereocenters. The van der Waals surface area contributed by atoms with E-state index in [2.05, 4.69) is 179 Å². The van der Waals surface area contributed by atoms with Crippen LogP contribution in [0.15, 0.2) is 231 Å². The van der Waals surface area contributed by atoms with Crippen molar-refractivity contribution in [3.8, 4) is 56.0 Å². The SMILES string of the molecule is c1ccc(-c2nc(N3c4ccc5ccccc5c4-c4cccc5c(-c6cccc7c8c(ccc67)N(c6nc(-c7cccnc7)c7ccccc7n6)c6cccc7cccc-8c67)ccc3c45)nc3ccccc23)nc1. The molecule has 342 valence electrons. The second kappa shape index (κ2) is 15.7. The van der Waals surface area contributed by atoms with Gasteiger partial charge in [-0.05, 0) is 115 Å². The Morgan fingerprint density at radius 1 is 0.311 bits per heavy atom. The molecule has 16 rings (SSSR count). The molecule has 0 saturated heterocycles. The Balaban J connectivity index is 0.942. The van der Waals surface area contributed by atoms with E-state index in [1.807, 2.05) is 60.9 Å². The van der Waals surface area contributed by atoms with Gasteiger partial charge in [-0.3, -0.25) is 19.8 Å². The Labute approximate surface area is 424 Å². The summed E-state index contributed by atoms with van der Waals surface area (Å²) in [5.41, 5.74) is 16.1. The highest BCUT2D eigenvalue weighted by Gasteiger charge is 2.33. The molecular weight excluding hydrogens is 905 g/mol. The normalized spacial score (nSPS) is 12.5. The highest BCUT2D eigenvalue weighted by Crippen LogP contribution is 2.57. The van der Waals surface area contributed by atoms with Crippen molar-refractivity contribution >= 4 is 99.5 Å². The molecule has 14 aromatic rings. The number of nitrogens with zero attached hydrogens (tertiary/aromatic N) is 8. The number of para-hydroxylation sites is 2. The van der Waals surface area contributed by atoms with E-state index < -0.39 is 0 Å². The van der Waals surface area contributed by atoms with Gasteiger partial charge in [0, 0.05) is 56.8 Å². The third kappa shape index (κ3) is 5.84. The summed E-state index contributed by atoms with van der Waals surface area (Å²) in [4.78, 5) is 35.3. The number of rotatable bonds is 5. The van der Waals surface area contributed by atoms with Crippen molar-refractivity contribution in [3.63, 3.8) is 0 Å². The van der Waals surface area contributed by atoms with Crippen molar-refractivity contribution in [1.29, 1.82) is 0 Å². The van der Waals surface area contributed by atoms with Gasteiger partial charge in [-0.15, -0.1) is 0 Å². The Morgan fingerprint density at radius 3 is 1.66 bits per heavy atom. The van der Waals surface area contributed by atoms with Crippen molar-refractivity contribution in [2.24, 2.45) is 0 Å². The lowest BCUT2D eigenvalue weighted by Gasteiger charge is -2.34. The summed E-state index contributed by atoms with van der Waals surface area (Å²) in [6, 6.07) is 75.4. The summed E-state index contributed by atoms with van der Waals surface area (Å²) in [6.07, 6.45) is 5.50. The molecule has 74 heavy (non-hydrogen) atoms. The number of anilines is 6. The minimum Gasteiger partial charge on any atom is -0.278 e. The van der Waals surface area contributed by atoms with Gasteiger partial charge < -0.3 is 0 Å². The fourth-order valence-corrected chi connectivity index (χ4v) is 12.0. The quantitative estimate of drug-likeness (QED) is 0.169. The van der Waals surface area contributed by atoms with Crippen LogP contribution in [0.5, 0.6) is 0 Å². The van der Waals surface area contributed by atoms with Gasteiger partial charge >= 0.3 is 0 Å². The van der Waals surface area contributed by atoms with Gasteiger partial charge in [0.05, 0.1) is 45.2 Å². The Kier molecular flexibility index (Phi) is 8.58. The van der Waals surface area contributed by atoms with Crippen LogP contribution in [0.4, 0.5) is 34.6 Å². The van der Waals surface area contributed by atoms with Gasteiger partial charge in [-0.1, -0.05) is 152 Å². The van der Waals surface area contributed by atoms with Crippen molar-refractivity contribution in [3.05, 3.63) is 231 Å². The predicted molar refractivity (Wildman–Crippen MR) is 302 cm³/mol. The molecule has 0 radical (unpaired) electrons. The molecule has 0 N–H and O–H groups in total. The van der Waals surface area contributed by atoms with E-state index in [0.717, 1.165) is 122 Å². The first kappa shape index (κ1) is 40.5. The lowest BCUT2D eigenvalue weighted by Crippen LogP contribution is -2.18. The largest absolute Gasteiger partial charge is 0.278 e. The maximum atomic E-state index is 5.43. The summed E-state index contributed by atoms with van der Waals surface area (Å²) >= 11 is 0. The second-order valence-electron chi connectivity index (χ2n) is 19.0. The Morgan fingerprint density at radius 2 is 0.892 bits per heavy atom. The smallest absolute Gasteiger partial charge is 0.235 e. The molecule has 2 aliphatic rings. The van der Waals surface area contributed by atoms with Crippen molar-refractivity contribution in [1.82, 2.24) is 29.9 Å². The molecule has 0 spiro atoms. The summed E-state index contributed by atoms with van der Waals surface area (Å²) in [5, 5.41) is 11.2. The van der Waals surface area contributed by atoms with Gasteiger partial charge in [0.2, 0.25) is 11.9 Å². The fraction of sp³-hybridized carbons (Fsp3) is 0. The number of hydrogen-bond donors (Lipinski definition) is 0. The van der Waals surface area contributed by atoms with Gasteiger partial charge in [0.1, 0.15) is 5.69 Å². The fourth-order valence-electron chi connectivity index (χ4n) is 12.0. The number of fused-ring (bicyclic) bond motifs is 10. The summed E-state index contributed by atoms with van der Waals surface area (Å²) in [7, 11) is 0. The molecule has 0 atom stereocenters. The van der Waals surface area contributed by atoms with Gasteiger partial charge in [0.25, 0.3) is 0 Å². The van der Waals surface area contributed by atoms with Crippen LogP contribution in [0.2, 0.25) is 0 Å². The van der Waals surface area contributed by atoms with E-state index in [1.165, 1.54) is 21.9 Å². The second-order valence-corrected chi connectivity index (χ2v) is 19.0. The highest BCUT2D eigenvalue weighted by molar-refractivity contribution is 6.25. The lowest BCUT2D eigenvalue weighted by molar-refractivity contribution is 1.11. The first-order chi connectivity index (χ1) is 36.7. The first-order valence-electron chi connectivity index (χ1n) is 24.9. The molecule has 4 aromatic heterocycles. The van der Waals surface area contributed by atoms with E-state index >= 15 is 0 Å². The standard InChI is InChI=1S/C66H38N8/c1-2-18-42-39(14-1)30-33-56-60(42)51-25-12-23-47-45(32-35-58(62(47)51)74(56)66-70-53-27-6-4-20-49(53)64(72-66)54-28-7-8-37-68-54)43-21-11-22-46-44(43)31-34-57-61(46)50-24-9-15-40-16-10-29-55(59(40)50)73(57)65-69-52-26-5-3-19-48(52)63(71-65)41-17-13-36-67-38-41/h1-38H. The van der Waals surface area contributed by atoms with Gasteiger partial charge in [0.15, 0.2) is 0 Å². The molecule has 8 nitrogen and oxygen atoms in total. The van der Waals surface area contributed by atoms with Crippen molar-refractivity contribution in [2.75, 3.05) is 9.80 Å². The van der Waals surface area contributed by atoms with Crippen LogP contribution < -0.4 is 9.80 Å². The Bertz CT molecular complexity index is 4690. The third-order valence-corrected chi connectivity index (χ3v) is 15.1. The highest BCUT2D eigenvalue weighted by atomic mass is 15.3. The van der Waals surface area contributed by atoms with Crippen molar-refractivity contribution in [2.45, 2.75) is 0 Å². The molecule has 0 aliphatic carbocycles. The van der Waals surface area contributed by atoms with Crippen LogP contribution >= 0.6 is 0 Å². The monoisotopic (exact) mass is 942 g/mol. The van der Waals surface area contributed by atoms with Crippen molar-refractivity contribution < 1.29 is 0 Å². The zero-order valence-electron chi connectivity index (χ0n) is 39.5. The molecule has 0 amide bonds. The van der Waals surface area contributed by atoms with Crippen LogP contribution in [0.25, 0.3) is 121 Å². The lowest BCUT2D eigenvalue weighted by atomic mass is 9.83. The molecule has 0 bridgehead atoms. The first-order valence-corrected chi connectivity index (χ1v) is 24.9. The molecule has 2 aliphatic heterocycles. The molecule has 0 fully saturated rings. The van der Waals surface area contributed by atoms with Gasteiger partial charge in [-0.2, -0.15) is 0 Å². The summed E-state index contributed by atoms with van der Waals surface area (Å²) in [5.74, 6) is 1.19. The van der Waals surface area contributed by atoms with E-state index in [1.54, 1.807) is 6.20 Å². The topological polar surface area (TPSA) is 83.8 Å². The van der Waals surface area contributed by atoms with Crippen LogP contribution in [-0.4, -0.2) is 29.9 Å². The van der Waals surface area contributed by atoms with Crippen LogP contribution in [-0.2, 0) is 0 Å². The van der Waals surface area contributed by atoms with Crippen LogP contribution in [0.3, 0.4) is 0 Å². The number of aromatic nitrogens is 6. The van der Waals surface area contributed by atoms with Crippen LogP contribution in [0.1, 0.15) is 0 Å². The summed E-state index contributed by atoms with van der Waals surface area (Å²) in [6.45, 7) is 0. The summed E-state index contributed by atoms with van der Waals surface area (Å²) < 4.78 is 0. The zero-order valence-corrected chi connectivity index (χ0v) is 39.5. The molecule has 8 heteroatoms. The average molecular weight is 943 g/mol. The minimum atomic E-state index is 0.586. The predicted octanol–water partition coefficient (Wildman–Crippen LogP) is 16.9. The molecule has 6 heterocycles. The number of pyridine rings is 2. The van der Waals surface area contributed by atoms with E-state index in [9.17, 15) is 0 Å². The van der Waals surface area contributed by atoms with E-state index in [-0.39, 0.29) is 0 Å². The zero-order chi connectivity index (χ0) is 48.4. The van der Waals surface area contributed by atoms with E-state index in [4.69, 9.17) is 24.9 Å². The minimum absolute atomic E-state index is 0.586. The average Bonchev–Trinajstić information content (AvgIpc) is 3.49. The van der Waals surface area contributed by atoms with E-state index in [0.29, 0.717) is 11.9 Å². The third-order valence-electron chi connectivity index (χ3n) is 15.1. The molecular formula is C66H38N8. The Hall–Kier alpha value is -10.2. The number of hydrogen-bond acceptors (Lipinski definition) is 8. The maximum Gasteiger partial charge on any atom is 0.235 e.